The van der Waals surface area contributed by atoms with E-state index >= 15 is 0 Å². The molecule has 0 rings (SSSR count). The van der Waals surface area contributed by atoms with Gasteiger partial charge in [-0.1, -0.05) is 0 Å². The van der Waals surface area contributed by atoms with Crippen LogP contribution in [-0.4, -0.2) is 13.7 Å². The number of halogens is 1. The molecule has 1 nitrogen and oxygen atoms in total. The summed E-state index contributed by atoms with van der Waals surface area (Å²) in [7, 11) is 1.61. The van der Waals surface area contributed by atoms with Crippen LogP contribution in [0.15, 0.2) is 0 Å². The topological polar surface area (TPSA) is 9.23 Å². The molecule has 1 radical (unpaired) electrons. The van der Waals surface area contributed by atoms with Crippen molar-refractivity contribution in [2.75, 3.05) is 13.7 Å². The number of rotatable bonds is 4. The van der Waals surface area contributed by atoms with Crippen LogP contribution in [0.2, 0.25) is 0 Å². The molecule has 0 unspecified atom stereocenters. The third-order valence-corrected chi connectivity index (χ3v) is 0.662. The Morgan fingerprint density at radius 1 is 1.71 bits per heavy atom. The van der Waals surface area contributed by atoms with Crippen LogP contribution < -0.4 is 0 Å². The van der Waals surface area contributed by atoms with Crippen molar-refractivity contribution in [3.05, 3.63) is 6.67 Å². The molecule has 0 saturated carbocycles. The van der Waals surface area contributed by atoms with Crippen LogP contribution in [0.4, 0.5) is 4.39 Å². The standard InChI is InChI=1S/C5H10FO/c1-7-5-3-2-4-6/h4H,2-3,5H2,1H3. The van der Waals surface area contributed by atoms with Crippen molar-refractivity contribution in [3.63, 3.8) is 0 Å². The van der Waals surface area contributed by atoms with Gasteiger partial charge in [-0.05, 0) is 12.8 Å². The summed E-state index contributed by atoms with van der Waals surface area (Å²) >= 11 is 0. The molecule has 0 aromatic rings. The Hall–Kier alpha value is -0.110. The molecule has 43 valence electrons. The van der Waals surface area contributed by atoms with Crippen LogP contribution in [0.1, 0.15) is 12.8 Å². The predicted molar refractivity (Wildman–Crippen MR) is 26.5 cm³/mol. The molecule has 0 aromatic carbocycles. The lowest BCUT2D eigenvalue weighted by atomic mass is 10.3. The SMILES string of the molecule is COCCC[CH]F. The number of hydrogen-bond acceptors (Lipinski definition) is 1. The molecule has 0 aliphatic heterocycles. The van der Waals surface area contributed by atoms with Crippen molar-refractivity contribution in [1.82, 2.24) is 0 Å². The summed E-state index contributed by atoms with van der Waals surface area (Å²) in [6.45, 7) is 1.30. The highest BCUT2D eigenvalue weighted by Crippen LogP contribution is 1.92. The second-order valence-corrected chi connectivity index (χ2v) is 1.29. The summed E-state index contributed by atoms with van der Waals surface area (Å²) in [4.78, 5) is 0. The molecule has 2 heteroatoms. The largest absolute Gasteiger partial charge is 0.385 e. The highest BCUT2D eigenvalue weighted by atomic mass is 19.1. The number of ether oxygens (including phenoxy) is 1. The lowest BCUT2D eigenvalue weighted by molar-refractivity contribution is 0.193. The van der Waals surface area contributed by atoms with E-state index in [0.29, 0.717) is 19.7 Å². The van der Waals surface area contributed by atoms with E-state index in [4.69, 9.17) is 0 Å². The maximum atomic E-state index is 11.1. The molecule has 7 heavy (non-hydrogen) atoms. The van der Waals surface area contributed by atoms with E-state index in [9.17, 15) is 4.39 Å². The van der Waals surface area contributed by atoms with E-state index in [1.165, 1.54) is 0 Å². The number of hydrogen-bond donors (Lipinski definition) is 0. The zero-order chi connectivity index (χ0) is 5.54. The third kappa shape index (κ3) is 5.89. The molecular weight excluding hydrogens is 95.1 g/mol. The van der Waals surface area contributed by atoms with E-state index in [1.54, 1.807) is 7.11 Å². The minimum Gasteiger partial charge on any atom is -0.385 e. The van der Waals surface area contributed by atoms with Gasteiger partial charge in [-0.15, -0.1) is 0 Å². The average Bonchev–Trinajstić information content (AvgIpc) is 1.69. The van der Waals surface area contributed by atoms with Crippen molar-refractivity contribution in [2.24, 2.45) is 0 Å². The van der Waals surface area contributed by atoms with Gasteiger partial charge in [0.25, 0.3) is 0 Å². The Balaban J connectivity index is 2.45. The molecule has 0 spiro atoms. The summed E-state index contributed by atoms with van der Waals surface area (Å²) in [6.07, 6.45) is 1.29. The molecular formula is C5H10FO. The van der Waals surface area contributed by atoms with E-state index in [1.807, 2.05) is 0 Å². The lowest BCUT2D eigenvalue weighted by Gasteiger charge is -1.91. The lowest BCUT2D eigenvalue weighted by Crippen LogP contribution is -1.85. The highest BCUT2D eigenvalue weighted by molar-refractivity contribution is 4.45. The summed E-state index contributed by atoms with van der Waals surface area (Å²) in [5, 5.41) is 0. The Morgan fingerprint density at radius 2 is 2.43 bits per heavy atom. The first-order valence-electron chi connectivity index (χ1n) is 2.32. The van der Waals surface area contributed by atoms with Gasteiger partial charge in [0.15, 0.2) is 0 Å². The van der Waals surface area contributed by atoms with Gasteiger partial charge >= 0.3 is 0 Å². The molecule has 0 fully saturated rings. The Labute approximate surface area is 43.5 Å². The predicted octanol–water partition coefficient (Wildman–Crippen LogP) is 1.54. The fraction of sp³-hybridized carbons (Fsp3) is 0.800. The summed E-state index contributed by atoms with van der Waals surface area (Å²) in [5.41, 5.74) is 0. The summed E-state index contributed by atoms with van der Waals surface area (Å²) in [6, 6.07) is 0. The number of unbranched alkanes of at least 4 members (excludes halogenated alkanes) is 1. The maximum Gasteiger partial charge on any atom is 0.131 e. The molecule has 0 heterocycles. The third-order valence-electron chi connectivity index (χ3n) is 0.662. The maximum absolute atomic E-state index is 11.1. The molecule has 0 atom stereocenters. The molecule has 0 bridgehead atoms. The first-order chi connectivity index (χ1) is 3.41. The van der Waals surface area contributed by atoms with Crippen LogP contribution in [0.5, 0.6) is 0 Å². The van der Waals surface area contributed by atoms with Crippen LogP contribution >= 0.6 is 0 Å². The first-order valence-corrected chi connectivity index (χ1v) is 2.32. The molecule has 0 aromatic heterocycles. The van der Waals surface area contributed by atoms with Crippen LogP contribution in [0.25, 0.3) is 0 Å². The van der Waals surface area contributed by atoms with Gasteiger partial charge in [0, 0.05) is 13.7 Å². The first kappa shape index (κ1) is 6.89. The second-order valence-electron chi connectivity index (χ2n) is 1.29. The number of methoxy groups -OCH3 is 1. The molecule has 0 aliphatic rings. The quantitative estimate of drug-likeness (QED) is 0.493. The van der Waals surface area contributed by atoms with Crippen molar-refractivity contribution < 1.29 is 9.13 Å². The van der Waals surface area contributed by atoms with Gasteiger partial charge in [-0.3, -0.25) is 0 Å². The average molecular weight is 105 g/mol. The normalized spacial score (nSPS) is 9.43. The monoisotopic (exact) mass is 105 g/mol. The Morgan fingerprint density at radius 3 is 2.86 bits per heavy atom. The van der Waals surface area contributed by atoms with E-state index in [0.717, 1.165) is 6.42 Å². The summed E-state index contributed by atoms with van der Waals surface area (Å²) < 4.78 is 15.8. The fourth-order valence-electron chi connectivity index (χ4n) is 0.305. The van der Waals surface area contributed by atoms with Gasteiger partial charge in [-0.2, -0.15) is 0 Å². The molecule has 0 N–H and O–H groups in total. The van der Waals surface area contributed by atoms with E-state index < -0.39 is 0 Å². The zero-order valence-electron chi connectivity index (χ0n) is 4.48. The highest BCUT2D eigenvalue weighted by Gasteiger charge is 1.82. The minimum atomic E-state index is 0.508. The zero-order valence-corrected chi connectivity index (χ0v) is 4.48. The van der Waals surface area contributed by atoms with Crippen LogP contribution in [-0.2, 0) is 4.74 Å². The van der Waals surface area contributed by atoms with Crippen LogP contribution in [0, 0.1) is 6.67 Å². The van der Waals surface area contributed by atoms with Crippen LogP contribution in [0.3, 0.4) is 0 Å². The van der Waals surface area contributed by atoms with E-state index in [-0.39, 0.29) is 0 Å². The van der Waals surface area contributed by atoms with Gasteiger partial charge < -0.3 is 4.74 Å². The van der Waals surface area contributed by atoms with Crippen molar-refractivity contribution in [1.29, 1.82) is 0 Å². The Kier molecular flexibility index (Phi) is 5.80. The van der Waals surface area contributed by atoms with Gasteiger partial charge in [0.05, 0.1) is 0 Å². The molecule has 0 aliphatic carbocycles. The summed E-state index contributed by atoms with van der Waals surface area (Å²) in [5.74, 6) is 0. The van der Waals surface area contributed by atoms with E-state index in [2.05, 4.69) is 4.74 Å². The fourth-order valence-corrected chi connectivity index (χ4v) is 0.305. The van der Waals surface area contributed by atoms with Gasteiger partial charge in [0.1, 0.15) is 6.67 Å². The molecule has 0 amide bonds. The van der Waals surface area contributed by atoms with Crippen molar-refractivity contribution in [3.8, 4) is 0 Å². The van der Waals surface area contributed by atoms with Gasteiger partial charge in [0.2, 0.25) is 0 Å². The minimum absolute atomic E-state index is 0.508. The van der Waals surface area contributed by atoms with Crippen molar-refractivity contribution in [2.45, 2.75) is 12.8 Å². The smallest absolute Gasteiger partial charge is 0.131 e. The van der Waals surface area contributed by atoms with Crippen molar-refractivity contribution >= 4 is 0 Å². The Bertz CT molecular complexity index is 27.3. The molecule has 0 saturated heterocycles. The van der Waals surface area contributed by atoms with Gasteiger partial charge in [-0.25, -0.2) is 4.39 Å². The second kappa shape index (κ2) is 5.89.